The molecule has 196 valence electrons. The Morgan fingerprint density at radius 1 is 1.03 bits per heavy atom. The van der Waals surface area contributed by atoms with E-state index in [1.165, 1.54) is 7.11 Å². The van der Waals surface area contributed by atoms with Crippen LogP contribution in [0, 0.1) is 5.92 Å². The summed E-state index contributed by atoms with van der Waals surface area (Å²) in [6.07, 6.45) is 7.12. The zero-order chi connectivity index (χ0) is 26.5. The first-order valence-electron chi connectivity index (χ1n) is 12.8. The van der Waals surface area contributed by atoms with Gasteiger partial charge in [0.2, 0.25) is 5.82 Å². The second-order valence-electron chi connectivity index (χ2n) is 9.62. The van der Waals surface area contributed by atoms with Crippen molar-refractivity contribution >= 4 is 11.9 Å². The number of hydrogen-bond acceptors (Lipinski definition) is 8. The molecule has 1 aliphatic carbocycles. The van der Waals surface area contributed by atoms with Gasteiger partial charge in [0, 0.05) is 31.6 Å². The zero-order valence-electron chi connectivity index (χ0n) is 21.6. The number of esters is 1. The van der Waals surface area contributed by atoms with Gasteiger partial charge in [-0.15, -0.1) is 5.10 Å². The van der Waals surface area contributed by atoms with E-state index in [1.807, 2.05) is 83.8 Å². The second kappa shape index (κ2) is 11.4. The van der Waals surface area contributed by atoms with Gasteiger partial charge in [-0.1, -0.05) is 35.5 Å². The Morgan fingerprint density at radius 3 is 2.47 bits per heavy atom. The summed E-state index contributed by atoms with van der Waals surface area (Å²) in [5.74, 6) is 3.03. The molecule has 2 aliphatic rings. The molecule has 2 heterocycles. The van der Waals surface area contributed by atoms with E-state index in [-0.39, 0.29) is 18.0 Å². The van der Waals surface area contributed by atoms with Crippen LogP contribution < -0.4 is 4.74 Å². The number of carbonyl (C=O) groups excluding carboxylic acids is 2. The third-order valence-corrected chi connectivity index (χ3v) is 7.11. The maximum atomic E-state index is 11.9. The number of methoxy groups -OCH3 is 1. The van der Waals surface area contributed by atoms with Gasteiger partial charge in [0.25, 0.3) is 0 Å². The van der Waals surface area contributed by atoms with E-state index in [9.17, 15) is 9.59 Å². The number of carbonyl (C=O) groups is 1. The number of aryl methyl sites for hydroxylation is 1. The molecule has 2 atom stereocenters. The lowest BCUT2D eigenvalue weighted by atomic mass is 9.87. The topological polar surface area (TPSA) is 89.8 Å². The van der Waals surface area contributed by atoms with Gasteiger partial charge in [0.15, 0.2) is 5.94 Å². The predicted molar refractivity (Wildman–Crippen MR) is 141 cm³/mol. The van der Waals surface area contributed by atoms with Crippen LogP contribution in [0.1, 0.15) is 36.9 Å². The minimum atomic E-state index is -0.160. The van der Waals surface area contributed by atoms with Gasteiger partial charge in [-0.25, -0.2) is 9.48 Å². The molecule has 5 rings (SSSR count). The second-order valence-corrected chi connectivity index (χ2v) is 9.62. The lowest BCUT2D eigenvalue weighted by molar-refractivity contribution is -0.147. The Morgan fingerprint density at radius 2 is 1.76 bits per heavy atom. The molecule has 1 fully saturated rings. The first-order chi connectivity index (χ1) is 18.6. The third-order valence-electron chi connectivity index (χ3n) is 7.11. The Kier molecular flexibility index (Phi) is 7.56. The van der Waals surface area contributed by atoms with Crippen molar-refractivity contribution in [2.75, 3.05) is 7.11 Å². The molecule has 0 spiro atoms. The minimum absolute atomic E-state index is 0.0138. The molecule has 0 radical (unpaired) electrons. The molecule has 0 N–H and O–H groups in total. The summed E-state index contributed by atoms with van der Waals surface area (Å²) < 4.78 is 12.8. The Bertz CT molecular complexity index is 1350. The molecular weight excluding hydrogens is 482 g/mol. The smallest absolute Gasteiger partial charge is 0.308 e. The van der Waals surface area contributed by atoms with Crippen LogP contribution in [0.4, 0.5) is 0 Å². The molecule has 0 unspecified atom stereocenters. The van der Waals surface area contributed by atoms with E-state index in [1.54, 1.807) is 4.68 Å². The summed E-state index contributed by atoms with van der Waals surface area (Å²) in [5, 5.41) is 8.64. The van der Waals surface area contributed by atoms with Crippen molar-refractivity contribution in [1.29, 1.82) is 0 Å². The van der Waals surface area contributed by atoms with Crippen molar-refractivity contribution in [3.63, 3.8) is 0 Å². The van der Waals surface area contributed by atoms with Crippen molar-refractivity contribution in [1.82, 2.24) is 24.8 Å². The van der Waals surface area contributed by atoms with Gasteiger partial charge in [-0.05, 0) is 55.5 Å². The fraction of sp³-hybridized carbons (Fsp3) is 0.345. The van der Waals surface area contributed by atoms with Crippen LogP contribution in [0.3, 0.4) is 0 Å². The summed E-state index contributed by atoms with van der Waals surface area (Å²) in [7, 11) is 3.28. The number of nitrogens with zero attached hydrogens (tertiary/aromatic N) is 5. The molecule has 9 heteroatoms. The highest BCUT2D eigenvalue weighted by Gasteiger charge is 2.29. The third kappa shape index (κ3) is 5.48. The molecule has 0 bridgehead atoms. The quantitative estimate of drug-likeness (QED) is 0.329. The molecule has 1 saturated carbocycles. The number of benzene rings is 2. The van der Waals surface area contributed by atoms with E-state index < -0.39 is 0 Å². The number of ether oxygens (including phenoxy) is 2. The van der Waals surface area contributed by atoms with Crippen LogP contribution >= 0.6 is 0 Å². The van der Waals surface area contributed by atoms with Crippen molar-refractivity contribution in [2.45, 2.75) is 44.9 Å². The highest BCUT2D eigenvalue weighted by Crippen LogP contribution is 2.31. The van der Waals surface area contributed by atoms with Crippen LogP contribution in [0.15, 0.2) is 72.8 Å². The molecule has 9 nitrogen and oxygen atoms in total. The summed E-state index contributed by atoms with van der Waals surface area (Å²) in [6.45, 7) is 0.998. The van der Waals surface area contributed by atoms with Crippen molar-refractivity contribution < 1.29 is 19.1 Å². The highest BCUT2D eigenvalue weighted by molar-refractivity contribution is 5.72. The number of rotatable bonds is 8. The van der Waals surface area contributed by atoms with E-state index >= 15 is 0 Å². The summed E-state index contributed by atoms with van der Waals surface area (Å²) in [6, 6.07) is 17.8. The normalized spacial score (nSPS) is 18.9. The van der Waals surface area contributed by atoms with Crippen molar-refractivity contribution in [3.8, 4) is 17.0 Å². The highest BCUT2D eigenvalue weighted by atomic mass is 16.5. The van der Waals surface area contributed by atoms with E-state index in [0.717, 1.165) is 47.5 Å². The Hall–Kier alpha value is -4.36. The Labute approximate surface area is 221 Å². The molecule has 0 amide bonds. The molecule has 1 aliphatic heterocycles. The van der Waals surface area contributed by atoms with Gasteiger partial charge in [0.1, 0.15) is 11.4 Å². The first kappa shape index (κ1) is 25.3. The van der Waals surface area contributed by atoms with Gasteiger partial charge < -0.3 is 19.3 Å². The molecule has 1 aromatic heterocycles. The fourth-order valence-electron chi connectivity index (χ4n) is 5.08. The molecule has 38 heavy (non-hydrogen) atoms. The zero-order valence-corrected chi connectivity index (χ0v) is 21.6. The molecular formula is C29H31N5O4. The average Bonchev–Trinajstić information content (AvgIpc) is 3.51. The van der Waals surface area contributed by atoms with Crippen LogP contribution in [-0.4, -0.2) is 49.9 Å². The van der Waals surface area contributed by atoms with E-state index in [2.05, 4.69) is 16.3 Å². The average molecular weight is 514 g/mol. The lowest BCUT2D eigenvalue weighted by Crippen LogP contribution is -2.30. The minimum Gasteiger partial charge on any atom is -0.490 e. The van der Waals surface area contributed by atoms with Crippen LogP contribution in [0.5, 0.6) is 5.75 Å². The summed E-state index contributed by atoms with van der Waals surface area (Å²) in [5.41, 5.74) is 3.61. The monoisotopic (exact) mass is 513 g/mol. The van der Waals surface area contributed by atoms with Crippen LogP contribution in [-0.2, 0) is 34.5 Å². The van der Waals surface area contributed by atoms with Gasteiger partial charge in [-0.3, -0.25) is 4.79 Å². The van der Waals surface area contributed by atoms with Crippen molar-refractivity contribution in [3.05, 3.63) is 84.1 Å². The molecule has 3 aromatic rings. The first-order valence-corrected chi connectivity index (χ1v) is 12.8. The van der Waals surface area contributed by atoms with Crippen LogP contribution in [0.2, 0.25) is 0 Å². The van der Waals surface area contributed by atoms with Gasteiger partial charge in [-0.2, -0.15) is 0 Å². The van der Waals surface area contributed by atoms with Crippen molar-refractivity contribution in [2.24, 2.45) is 13.0 Å². The van der Waals surface area contributed by atoms with Gasteiger partial charge >= 0.3 is 5.97 Å². The van der Waals surface area contributed by atoms with Crippen LogP contribution in [0.25, 0.3) is 11.3 Å². The predicted octanol–water partition coefficient (Wildman–Crippen LogP) is 4.05. The largest absolute Gasteiger partial charge is 0.490 e. The van der Waals surface area contributed by atoms with E-state index in [0.29, 0.717) is 25.3 Å². The fourth-order valence-corrected chi connectivity index (χ4v) is 5.08. The Balaban J connectivity index is 1.26. The maximum absolute atomic E-state index is 11.9. The molecule has 2 aromatic carbocycles. The standard InChI is InChI=1S/C29H31N5O4/c1-32-26(19-34-16-15-33(27(34)20-35)18-21-7-4-3-5-8-21)28(30-31-32)22-11-13-24(14-12-22)38-25-10-6-9-23(17-25)29(36)37-2/h3-5,7-8,11-16,23,25H,6,9-10,17-19H2,1-2H3/t23-,25-/m0/s1. The van der Waals surface area contributed by atoms with E-state index in [4.69, 9.17) is 9.47 Å². The summed E-state index contributed by atoms with van der Waals surface area (Å²) >= 11 is 0. The lowest BCUT2D eigenvalue weighted by Gasteiger charge is -2.28. The number of aromatic nitrogens is 3. The maximum Gasteiger partial charge on any atom is 0.308 e. The van der Waals surface area contributed by atoms with Gasteiger partial charge in [0.05, 0.1) is 31.4 Å². The SMILES string of the molecule is COC(=O)[C@H]1CCC[C@H](Oc2ccc(-c3nnn(C)c3CN3C=CN(Cc4ccccc4)C3=C=O)cc2)C1. The summed E-state index contributed by atoms with van der Waals surface area (Å²) in [4.78, 5) is 27.6. The number of hydrogen-bond donors (Lipinski definition) is 0. The molecule has 0 saturated heterocycles.